The maximum atomic E-state index is 13.1. The van der Waals surface area contributed by atoms with Crippen molar-refractivity contribution in [3.05, 3.63) is 69.9 Å². The molecule has 0 saturated carbocycles. The molecule has 1 amide bonds. The lowest BCUT2D eigenvalue weighted by atomic mass is 9.95. The van der Waals surface area contributed by atoms with E-state index in [2.05, 4.69) is 5.32 Å². The van der Waals surface area contributed by atoms with Gasteiger partial charge in [0.05, 0.1) is 18.1 Å². The minimum Gasteiger partial charge on any atom is -0.467 e. The van der Waals surface area contributed by atoms with E-state index in [0.29, 0.717) is 29.6 Å². The maximum absolute atomic E-state index is 13.1. The Morgan fingerprint density at radius 2 is 1.80 bits per heavy atom. The molecule has 156 valence electrons. The number of carbonyl (C=O) groups excluding carboxylic acids is 2. The summed E-state index contributed by atoms with van der Waals surface area (Å²) in [6.07, 6.45) is 1.09. The fourth-order valence-electron chi connectivity index (χ4n) is 3.61. The zero-order valence-electron chi connectivity index (χ0n) is 17.6. The van der Waals surface area contributed by atoms with Crippen LogP contribution in [0.25, 0.3) is 22.3 Å². The molecule has 30 heavy (non-hydrogen) atoms. The van der Waals surface area contributed by atoms with E-state index in [1.807, 2.05) is 37.3 Å². The van der Waals surface area contributed by atoms with Crippen molar-refractivity contribution in [1.29, 1.82) is 0 Å². The lowest BCUT2D eigenvalue weighted by molar-refractivity contribution is -0.147. The van der Waals surface area contributed by atoms with E-state index in [1.54, 1.807) is 32.0 Å². The third-order valence-corrected chi connectivity index (χ3v) is 5.20. The molecule has 3 rings (SSSR count). The number of carbonyl (C=O) groups is 2. The van der Waals surface area contributed by atoms with E-state index in [-0.39, 0.29) is 16.6 Å². The Bertz CT molecular complexity index is 1150. The molecule has 1 unspecified atom stereocenters. The third kappa shape index (κ3) is 3.85. The minimum atomic E-state index is -1.18. The second-order valence-corrected chi connectivity index (χ2v) is 7.46. The fourth-order valence-corrected chi connectivity index (χ4v) is 3.61. The SMILES string of the molecule is CCCC(C)(NC(=O)c1cccc2c(=O)c(C)c(-c3ccccc3)oc12)C(=O)OC. The van der Waals surface area contributed by atoms with Gasteiger partial charge in [0.1, 0.15) is 11.3 Å². The van der Waals surface area contributed by atoms with Crippen LogP contribution in [0.5, 0.6) is 0 Å². The summed E-state index contributed by atoms with van der Waals surface area (Å²) < 4.78 is 11.0. The van der Waals surface area contributed by atoms with Crippen molar-refractivity contribution in [2.24, 2.45) is 0 Å². The molecule has 3 aromatic rings. The van der Waals surface area contributed by atoms with Gasteiger partial charge in [0.25, 0.3) is 5.91 Å². The van der Waals surface area contributed by atoms with Crippen LogP contribution in [-0.2, 0) is 9.53 Å². The number of rotatable bonds is 6. The van der Waals surface area contributed by atoms with Crippen molar-refractivity contribution in [1.82, 2.24) is 5.32 Å². The summed E-state index contributed by atoms with van der Waals surface area (Å²) in [5, 5.41) is 3.09. The van der Waals surface area contributed by atoms with Gasteiger partial charge in [-0.1, -0.05) is 49.7 Å². The van der Waals surface area contributed by atoms with Crippen molar-refractivity contribution in [2.75, 3.05) is 7.11 Å². The first kappa shape index (κ1) is 21.3. The standard InChI is InChI=1S/C24H25NO5/c1-5-14-24(3,23(28)29-4)25-22(27)18-13-9-12-17-19(26)15(2)20(30-21(17)18)16-10-7-6-8-11-16/h6-13H,5,14H2,1-4H3,(H,25,27). The summed E-state index contributed by atoms with van der Waals surface area (Å²) in [6, 6.07) is 14.1. The van der Waals surface area contributed by atoms with Gasteiger partial charge in [0, 0.05) is 11.1 Å². The maximum Gasteiger partial charge on any atom is 0.331 e. The molecule has 2 aromatic carbocycles. The molecule has 0 aliphatic heterocycles. The highest BCUT2D eigenvalue weighted by atomic mass is 16.5. The van der Waals surface area contributed by atoms with E-state index in [4.69, 9.17) is 9.15 Å². The Morgan fingerprint density at radius 3 is 2.43 bits per heavy atom. The first-order chi connectivity index (χ1) is 14.3. The van der Waals surface area contributed by atoms with Crippen LogP contribution in [0.2, 0.25) is 0 Å². The number of amides is 1. The van der Waals surface area contributed by atoms with E-state index in [9.17, 15) is 14.4 Å². The third-order valence-electron chi connectivity index (χ3n) is 5.20. The Balaban J connectivity index is 2.15. The highest BCUT2D eigenvalue weighted by molar-refractivity contribution is 6.06. The molecule has 1 aromatic heterocycles. The van der Waals surface area contributed by atoms with Gasteiger partial charge in [0.15, 0.2) is 11.0 Å². The normalized spacial score (nSPS) is 12.9. The number of hydrogen-bond acceptors (Lipinski definition) is 5. The topological polar surface area (TPSA) is 85.6 Å². The van der Waals surface area contributed by atoms with Gasteiger partial charge in [-0.25, -0.2) is 4.79 Å². The number of benzene rings is 2. The van der Waals surface area contributed by atoms with Gasteiger partial charge in [-0.2, -0.15) is 0 Å². The van der Waals surface area contributed by atoms with Crippen LogP contribution in [0.1, 0.15) is 42.6 Å². The van der Waals surface area contributed by atoms with Crippen molar-refractivity contribution in [2.45, 2.75) is 39.2 Å². The molecule has 0 aliphatic carbocycles. The first-order valence-corrected chi connectivity index (χ1v) is 9.85. The number of para-hydroxylation sites is 1. The molecular weight excluding hydrogens is 382 g/mol. The number of ether oxygens (including phenoxy) is 1. The number of fused-ring (bicyclic) bond motifs is 1. The van der Waals surface area contributed by atoms with Crippen LogP contribution >= 0.6 is 0 Å². The van der Waals surface area contributed by atoms with Crippen molar-refractivity contribution in [3.63, 3.8) is 0 Å². The quantitative estimate of drug-likeness (QED) is 0.618. The second-order valence-electron chi connectivity index (χ2n) is 7.46. The van der Waals surface area contributed by atoms with Crippen molar-refractivity contribution < 1.29 is 18.7 Å². The van der Waals surface area contributed by atoms with Crippen molar-refractivity contribution in [3.8, 4) is 11.3 Å². The van der Waals surface area contributed by atoms with Gasteiger partial charge in [-0.05, 0) is 32.4 Å². The zero-order chi connectivity index (χ0) is 21.9. The van der Waals surface area contributed by atoms with Gasteiger partial charge in [-0.15, -0.1) is 0 Å². The molecule has 0 bridgehead atoms. The summed E-state index contributed by atoms with van der Waals surface area (Å²) in [5.41, 5.74) is 0.206. The molecule has 6 nitrogen and oxygen atoms in total. The summed E-state index contributed by atoms with van der Waals surface area (Å²) >= 11 is 0. The van der Waals surface area contributed by atoms with E-state index < -0.39 is 17.4 Å². The summed E-state index contributed by atoms with van der Waals surface area (Å²) in [5.74, 6) is -0.620. The molecular formula is C24H25NO5. The average Bonchev–Trinajstić information content (AvgIpc) is 2.75. The monoisotopic (exact) mass is 407 g/mol. The van der Waals surface area contributed by atoms with Crippen LogP contribution in [-0.4, -0.2) is 24.5 Å². The fraction of sp³-hybridized carbons (Fsp3) is 0.292. The second kappa shape index (κ2) is 8.53. The van der Waals surface area contributed by atoms with Crippen molar-refractivity contribution >= 4 is 22.8 Å². The number of hydrogen-bond donors (Lipinski definition) is 1. The van der Waals surface area contributed by atoms with Crippen LogP contribution in [0.3, 0.4) is 0 Å². The summed E-state index contributed by atoms with van der Waals surface area (Å²) in [6.45, 7) is 5.25. The highest BCUT2D eigenvalue weighted by Gasteiger charge is 2.36. The van der Waals surface area contributed by atoms with E-state index >= 15 is 0 Å². The van der Waals surface area contributed by atoms with Gasteiger partial charge >= 0.3 is 5.97 Å². The molecule has 0 radical (unpaired) electrons. The van der Waals surface area contributed by atoms with E-state index in [1.165, 1.54) is 7.11 Å². The molecule has 0 fully saturated rings. The molecule has 1 atom stereocenters. The number of methoxy groups -OCH3 is 1. The lowest BCUT2D eigenvalue weighted by Crippen LogP contribution is -2.52. The predicted molar refractivity (Wildman–Crippen MR) is 115 cm³/mol. The van der Waals surface area contributed by atoms with Gasteiger partial charge < -0.3 is 14.5 Å². The Hall–Kier alpha value is -3.41. The van der Waals surface area contributed by atoms with E-state index in [0.717, 1.165) is 5.56 Å². The zero-order valence-corrected chi connectivity index (χ0v) is 17.6. The lowest BCUT2D eigenvalue weighted by Gasteiger charge is -2.27. The number of esters is 1. The molecule has 1 heterocycles. The largest absolute Gasteiger partial charge is 0.467 e. The minimum absolute atomic E-state index is 0.188. The summed E-state index contributed by atoms with van der Waals surface area (Å²) in [4.78, 5) is 38.4. The Labute approximate surface area is 174 Å². The van der Waals surface area contributed by atoms with Crippen LogP contribution in [0.15, 0.2) is 57.7 Å². The molecule has 6 heteroatoms. The molecule has 0 spiro atoms. The first-order valence-electron chi connectivity index (χ1n) is 9.85. The smallest absolute Gasteiger partial charge is 0.331 e. The van der Waals surface area contributed by atoms with Crippen LogP contribution in [0.4, 0.5) is 0 Å². The van der Waals surface area contributed by atoms with Gasteiger partial charge in [0.2, 0.25) is 0 Å². The number of nitrogens with one attached hydrogen (secondary N) is 1. The molecule has 0 aliphatic rings. The Kier molecular flexibility index (Phi) is 6.06. The summed E-state index contributed by atoms with van der Waals surface area (Å²) in [7, 11) is 1.29. The predicted octanol–water partition coefficient (Wildman–Crippen LogP) is 4.23. The highest BCUT2D eigenvalue weighted by Crippen LogP contribution is 2.27. The average molecular weight is 407 g/mol. The Morgan fingerprint density at radius 1 is 1.10 bits per heavy atom. The van der Waals surface area contributed by atoms with Gasteiger partial charge in [-0.3, -0.25) is 9.59 Å². The van der Waals surface area contributed by atoms with Crippen LogP contribution in [0, 0.1) is 6.92 Å². The molecule has 0 saturated heterocycles. The molecule has 1 N–H and O–H groups in total. The van der Waals surface area contributed by atoms with Crippen LogP contribution < -0.4 is 10.7 Å².